The molecule has 4 rings (SSSR count). The molecular weight excluding hydrogens is 596 g/mol. The van der Waals surface area contributed by atoms with Gasteiger partial charge in [-0.2, -0.15) is 0 Å². The molecule has 0 N–H and O–H groups in total. The van der Waals surface area contributed by atoms with Gasteiger partial charge in [-0.3, -0.25) is 0 Å². The van der Waals surface area contributed by atoms with Crippen LogP contribution in [0, 0.1) is 0 Å². The van der Waals surface area contributed by atoms with Crippen molar-refractivity contribution < 1.29 is 52.4 Å². The van der Waals surface area contributed by atoms with Gasteiger partial charge >= 0.3 is 130 Å². The zero-order chi connectivity index (χ0) is 30.5. The molecule has 0 spiro atoms. The molecule has 0 saturated carbocycles. The third-order valence-corrected chi connectivity index (χ3v) is 11.9. The Morgan fingerprint density at radius 2 is 0.927 bits per heavy atom. The van der Waals surface area contributed by atoms with Gasteiger partial charge in [-0.15, -0.1) is 0 Å². The van der Waals surface area contributed by atoms with E-state index in [-0.39, 0.29) is 11.5 Å². The molecule has 0 aromatic heterocycles. The van der Waals surface area contributed by atoms with Crippen LogP contribution in [-0.2, 0) is 23.2 Å². The zero-order valence-corrected chi connectivity index (χ0v) is 28.2. The molecule has 0 fully saturated rings. The third kappa shape index (κ3) is 9.56. The van der Waals surface area contributed by atoms with Crippen LogP contribution in [0.4, 0.5) is 0 Å². The topological polar surface area (TPSA) is 83.0 Å². The minimum atomic E-state index is -0.598. The smallest absolute Gasteiger partial charge is 0.114 e. The molecule has 220 valence electrons. The quantitative estimate of drug-likeness (QED) is 0.267. The second-order valence-electron chi connectivity index (χ2n) is 10.1. The Hall–Kier alpha value is -2.92. The molecule has 2 aromatic carbocycles. The summed E-state index contributed by atoms with van der Waals surface area (Å²) in [5, 5.41) is 22.4. The number of para-hydroxylation sites is 2. The predicted octanol–water partition coefficient (Wildman–Crippen LogP) is 7.57. The summed E-state index contributed by atoms with van der Waals surface area (Å²) in [5.41, 5.74) is 2.95. The summed E-state index contributed by atoms with van der Waals surface area (Å²) in [6.07, 6.45) is 20.2. The number of benzene rings is 2. The van der Waals surface area contributed by atoms with Crippen LogP contribution in [-0.4, -0.2) is 28.4 Å². The molecule has 41 heavy (non-hydrogen) atoms. The Bertz CT molecular complexity index is 1110. The van der Waals surface area contributed by atoms with Gasteiger partial charge in [0, 0.05) is 0 Å². The van der Waals surface area contributed by atoms with E-state index in [1.165, 1.54) is 65.3 Å². The van der Waals surface area contributed by atoms with E-state index in [4.69, 9.17) is 18.9 Å². The van der Waals surface area contributed by atoms with Gasteiger partial charge in [-0.25, -0.2) is 0 Å². The largest absolute Gasteiger partial charge is 0.867 e. The number of methoxy groups -OCH3 is 4. The minimum Gasteiger partial charge on any atom is -0.867 e. The van der Waals surface area contributed by atoms with Crippen molar-refractivity contribution in [3.8, 4) is 34.5 Å². The van der Waals surface area contributed by atoms with Crippen molar-refractivity contribution in [2.24, 2.45) is 0 Å². The van der Waals surface area contributed by atoms with Gasteiger partial charge in [0.25, 0.3) is 0 Å². The minimum absolute atomic E-state index is 0.211. The molecule has 2 aromatic rings. The molecule has 0 amide bonds. The predicted molar refractivity (Wildman–Crippen MR) is 159 cm³/mol. The van der Waals surface area contributed by atoms with E-state index in [0.717, 1.165) is 0 Å². The summed E-state index contributed by atoms with van der Waals surface area (Å²) in [4.78, 5) is 0. The third-order valence-electron chi connectivity index (χ3n) is 6.82. The average Bonchev–Trinajstić information content (AvgIpc) is 3.51. The number of allylic oxidation sites excluding steroid dienone is 8. The van der Waals surface area contributed by atoms with Crippen molar-refractivity contribution in [2.75, 3.05) is 28.4 Å². The van der Waals surface area contributed by atoms with Crippen molar-refractivity contribution in [3.63, 3.8) is 0 Å². The van der Waals surface area contributed by atoms with E-state index in [9.17, 15) is 10.2 Å². The summed E-state index contributed by atoms with van der Waals surface area (Å²) < 4.78 is 20.1. The van der Waals surface area contributed by atoms with Gasteiger partial charge < -0.3 is 29.2 Å². The normalized spacial score (nSPS) is 20.0. The van der Waals surface area contributed by atoms with Gasteiger partial charge in [0.2, 0.25) is 0 Å². The monoisotopic (exact) mass is 638 g/mol. The fraction of sp³-hybridized carbons (Fsp3) is 0.412. The Kier molecular flexibility index (Phi) is 13.8. The van der Waals surface area contributed by atoms with Gasteiger partial charge in [0.05, 0.1) is 28.4 Å². The first-order valence-electron chi connectivity index (χ1n) is 13.9. The fourth-order valence-electron chi connectivity index (χ4n) is 5.05. The van der Waals surface area contributed by atoms with Gasteiger partial charge in [0.1, 0.15) is 23.0 Å². The molecule has 0 bridgehead atoms. The van der Waals surface area contributed by atoms with E-state index >= 15 is 0 Å². The number of ether oxygens (including phenoxy) is 4. The van der Waals surface area contributed by atoms with Gasteiger partial charge in [-0.05, 0) is 35.8 Å². The van der Waals surface area contributed by atoms with Crippen LogP contribution in [0.1, 0.15) is 53.4 Å². The van der Waals surface area contributed by atoms with Gasteiger partial charge in [0.15, 0.2) is 0 Å². The molecular formula is C34H44O6Zr. The molecule has 2 aliphatic carbocycles. The maximum absolute atomic E-state index is 11.2. The first kappa shape index (κ1) is 34.3. The fourth-order valence-corrected chi connectivity index (χ4v) is 11.3. The van der Waals surface area contributed by atoms with Crippen molar-refractivity contribution in [1.82, 2.24) is 0 Å². The molecule has 0 saturated heterocycles. The molecule has 0 aliphatic heterocycles. The Labute approximate surface area is 257 Å². The standard InChI is InChI=1S/2C9H13.2C8H10O3.Zr/c2*1-3-4-9-6-5-8(2)7-9;2*1-10-6-4-3-5-7(11-2)8(6)9;/h2*5-7H,3-4H2,1-2H3;2*3-5,9H,1-2H3;/q;;;;+2/p-2. The molecule has 7 heteroatoms. The van der Waals surface area contributed by atoms with E-state index < -0.39 is 23.2 Å². The molecule has 0 radical (unpaired) electrons. The van der Waals surface area contributed by atoms with Crippen LogP contribution in [0.5, 0.6) is 34.5 Å². The molecule has 6 nitrogen and oxygen atoms in total. The van der Waals surface area contributed by atoms with Crippen LogP contribution in [0.15, 0.2) is 84.0 Å². The van der Waals surface area contributed by atoms with Crippen LogP contribution in [0.3, 0.4) is 0 Å². The first-order chi connectivity index (χ1) is 19.6. The second-order valence-corrected chi connectivity index (χ2v) is 15.3. The first-order valence-corrected chi connectivity index (χ1v) is 16.4. The maximum atomic E-state index is 11.2. The molecule has 2 aliphatic rings. The average molecular weight is 640 g/mol. The summed E-state index contributed by atoms with van der Waals surface area (Å²) in [6, 6.07) is 9.82. The molecule has 2 unspecified atom stereocenters. The van der Waals surface area contributed by atoms with Gasteiger partial charge in [-0.1, -0.05) is 12.1 Å². The summed E-state index contributed by atoms with van der Waals surface area (Å²) in [6.45, 7) is 9.17. The van der Waals surface area contributed by atoms with E-state index in [0.29, 0.717) is 29.2 Å². The van der Waals surface area contributed by atoms with Crippen LogP contribution in [0.25, 0.3) is 0 Å². The number of hydrogen-bond acceptors (Lipinski definition) is 6. The zero-order valence-electron chi connectivity index (χ0n) is 25.7. The number of rotatable bonds is 10. The Balaban J connectivity index is 0.000000230. The summed E-state index contributed by atoms with van der Waals surface area (Å²) in [7, 11) is 5.82. The van der Waals surface area contributed by atoms with E-state index in [2.05, 4.69) is 64.2 Å². The van der Waals surface area contributed by atoms with Crippen molar-refractivity contribution >= 4 is 0 Å². The second kappa shape index (κ2) is 16.5. The molecule has 2 atom stereocenters. The maximum Gasteiger partial charge on any atom is 0.114 e. The summed E-state index contributed by atoms with van der Waals surface area (Å²) in [5.74, 6) is 0.817. The number of hydrogen-bond donors (Lipinski definition) is 0. The SMILES string of the molecule is CCC[C]1([Zr+2][C]2(CCC)C=CC(C)=C2)C=CC(C)=C1.COc1cccc(OC)c1[O-].COc1cccc(OC)c1[O-]. The Morgan fingerprint density at radius 1 is 0.610 bits per heavy atom. The van der Waals surface area contributed by atoms with Crippen molar-refractivity contribution in [2.45, 2.75) is 59.6 Å². The van der Waals surface area contributed by atoms with Crippen molar-refractivity contribution in [3.05, 3.63) is 84.0 Å². The van der Waals surface area contributed by atoms with Crippen LogP contribution < -0.4 is 29.2 Å². The summed E-state index contributed by atoms with van der Waals surface area (Å²) >= 11 is -0.598. The Morgan fingerprint density at radius 3 is 1.15 bits per heavy atom. The molecule has 0 heterocycles. The van der Waals surface area contributed by atoms with Crippen LogP contribution >= 0.6 is 0 Å². The van der Waals surface area contributed by atoms with E-state index in [1.807, 2.05) is 0 Å². The van der Waals surface area contributed by atoms with Crippen molar-refractivity contribution in [1.29, 1.82) is 0 Å². The van der Waals surface area contributed by atoms with Crippen LogP contribution in [0.2, 0.25) is 6.25 Å². The van der Waals surface area contributed by atoms with E-state index in [1.54, 1.807) is 36.4 Å².